The van der Waals surface area contributed by atoms with Crippen LogP contribution >= 0.6 is 27.5 Å². The summed E-state index contributed by atoms with van der Waals surface area (Å²) < 4.78 is 0.811. The van der Waals surface area contributed by atoms with Crippen LogP contribution in [-0.2, 0) is 0 Å². The lowest BCUT2D eigenvalue weighted by Gasteiger charge is -2.19. The number of anilines is 1. The predicted octanol–water partition coefficient (Wildman–Crippen LogP) is 2.94. The van der Waals surface area contributed by atoms with Crippen LogP contribution in [0.25, 0.3) is 0 Å². The molecule has 1 aromatic heterocycles. The summed E-state index contributed by atoms with van der Waals surface area (Å²) in [5.74, 6) is 6.12. The van der Waals surface area contributed by atoms with Crippen molar-refractivity contribution in [3.05, 3.63) is 56.6 Å². The zero-order chi connectivity index (χ0) is 14.0. The van der Waals surface area contributed by atoms with Crippen LogP contribution in [0, 0.1) is 6.92 Å². The second-order valence-electron chi connectivity index (χ2n) is 4.26. The zero-order valence-electron chi connectivity index (χ0n) is 10.3. The van der Waals surface area contributed by atoms with Crippen molar-refractivity contribution in [3.63, 3.8) is 0 Å². The Hall–Kier alpha value is -1.14. The van der Waals surface area contributed by atoms with E-state index in [1.807, 2.05) is 31.2 Å². The number of rotatable bonds is 3. The van der Waals surface area contributed by atoms with Crippen molar-refractivity contribution in [1.29, 1.82) is 0 Å². The molecule has 0 aliphatic rings. The molecule has 0 fully saturated rings. The molecule has 2 aromatic rings. The van der Waals surface area contributed by atoms with Gasteiger partial charge in [0.05, 0.1) is 11.1 Å². The van der Waals surface area contributed by atoms with Gasteiger partial charge in [-0.15, -0.1) is 0 Å². The summed E-state index contributed by atoms with van der Waals surface area (Å²) in [6, 6.07) is 7.36. The minimum absolute atomic E-state index is 0.235. The number of nitrogens with two attached hydrogens (primary N) is 2. The Morgan fingerprint density at radius 1 is 1.37 bits per heavy atom. The summed E-state index contributed by atoms with van der Waals surface area (Å²) >= 11 is 9.40. The van der Waals surface area contributed by atoms with Gasteiger partial charge in [-0.3, -0.25) is 5.84 Å². The number of nitrogen functional groups attached to an aromatic ring is 1. The van der Waals surface area contributed by atoms with Crippen LogP contribution in [0.15, 0.2) is 34.9 Å². The Kier molecular flexibility index (Phi) is 4.42. The van der Waals surface area contributed by atoms with Gasteiger partial charge < -0.3 is 5.73 Å². The fraction of sp³-hybridized carbons (Fsp3) is 0.154. The van der Waals surface area contributed by atoms with E-state index in [9.17, 15) is 0 Å². The van der Waals surface area contributed by atoms with Crippen molar-refractivity contribution in [2.45, 2.75) is 13.0 Å². The quantitative estimate of drug-likeness (QED) is 0.592. The predicted molar refractivity (Wildman–Crippen MR) is 81.7 cm³/mol. The molecular weight excluding hydrogens is 328 g/mol. The Balaban J connectivity index is 2.49. The number of hydrogen-bond acceptors (Lipinski definition) is 4. The monoisotopic (exact) mass is 340 g/mol. The van der Waals surface area contributed by atoms with Gasteiger partial charge in [0, 0.05) is 16.2 Å². The smallest absolute Gasteiger partial charge is 0.128 e. The van der Waals surface area contributed by atoms with E-state index in [4.69, 9.17) is 23.2 Å². The number of pyridine rings is 1. The molecular formula is C13H14BrClN4. The first-order valence-electron chi connectivity index (χ1n) is 5.66. The summed E-state index contributed by atoms with van der Waals surface area (Å²) in [6.45, 7) is 1.96. The molecule has 0 amide bonds. The average molecular weight is 342 g/mol. The van der Waals surface area contributed by atoms with Gasteiger partial charge in [0.2, 0.25) is 0 Å². The molecule has 0 aliphatic heterocycles. The van der Waals surface area contributed by atoms with Gasteiger partial charge in [-0.2, -0.15) is 0 Å². The molecule has 2 rings (SSSR count). The molecule has 0 aliphatic carbocycles. The van der Waals surface area contributed by atoms with Crippen LogP contribution in [0.1, 0.15) is 22.7 Å². The van der Waals surface area contributed by atoms with Crippen molar-refractivity contribution >= 4 is 33.3 Å². The minimum atomic E-state index is -0.235. The van der Waals surface area contributed by atoms with Crippen LogP contribution in [0.3, 0.4) is 0 Å². The second-order valence-corrected chi connectivity index (χ2v) is 5.52. The number of hydrogen-bond donors (Lipinski definition) is 3. The van der Waals surface area contributed by atoms with Gasteiger partial charge >= 0.3 is 0 Å². The first-order valence-corrected chi connectivity index (χ1v) is 6.83. The zero-order valence-corrected chi connectivity index (χ0v) is 12.7. The number of nitrogens with one attached hydrogen (secondary N) is 1. The lowest BCUT2D eigenvalue weighted by atomic mass is 9.99. The third-order valence-corrected chi connectivity index (χ3v) is 4.05. The number of benzene rings is 1. The van der Waals surface area contributed by atoms with Crippen molar-refractivity contribution in [2.75, 3.05) is 5.73 Å². The molecule has 100 valence electrons. The number of halogens is 2. The van der Waals surface area contributed by atoms with Crippen LogP contribution in [0.4, 0.5) is 5.82 Å². The maximum absolute atomic E-state index is 6.00. The van der Waals surface area contributed by atoms with E-state index in [0.717, 1.165) is 21.2 Å². The van der Waals surface area contributed by atoms with E-state index in [0.29, 0.717) is 10.8 Å². The molecule has 1 atom stereocenters. The Labute approximate surface area is 125 Å². The molecule has 1 unspecified atom stereocenters. The molecule has 5 N–H and O–H groups in total. The molecule has 19 heavy (non-hydrogen) atoms. The normalized spacial score (nSPS) is 12.4. The number of nitrogens with zero attached hydrogens (tertiary/aromatic N) is 1. The topological polar surface area (TPSA) is 77.0 Å². The van der Waals surface area contributed by atoms with E-state index in [1.165, 1.54) is 0 Å². The Morgan fingerprint density at radius 2 is 2.11 bits per heavy atom. The fourth-order valence-corrected chi connectivity index (χ4v) is 2.41. The van der Waals surface area contributed by atoms with Crippen molar-refractivity contribution < 1.29 is 0 Å². The Bertz CT molecular complexity index is 603. The third-order valence-electron chi connectivity index (χ3n) is 2.84. The molecule has 1 aromatic carbocycles. The highest BCUT2D eigenvalue weighted by molar-refractivity contribution is 9.10. The van der Waals surface area contributed by atoms with E-state index >= 15 is 0 Å². The molecule has 0 saturated carbocycles. The standard InChI is InChI=1S/C13H14BrClN4/c1-7-4-9(13(16)18-6-7)12(19-17)8-2-3-11(15)10(14)5-8/h2-6,12,19H,17H2,1H3,(H2,16,18). The molecule has 0 spiro atoms. The van der Waals surface area contributed by atoms with E-state index in [-0.39, 0.29) is 6.04 Å². The van der Waals surface area contributed by atoms with Crippen LogP contribution in [0.2, 0.25) is 5.02 Å². The first kappa shape index (κ1) is 14.3. The highest BCUT2D eigenvalue weighted by Crippen LogP contribution is 2.30. The van der Waals surface area contributed by atoms with Gasteiger partial charge in [0.15, 0.2) is 0 Å². The average Bonchev–Trinajstić information content (AvgIpc) is 2.38. The lowest BCUT2D eigenvalue weighted by molar-refractivity contribution is 0.636. The van der Waals surface area contributed by atoms with Crippen LogP contribution < -0.4 is 17.0 Å². The minimum Gasteiger partial charge on any atom is -0.383 e. The molecule has 1 heterocycles. The Morgan fingerprint density at radius 3 is 2.74 bits per heavy atom. The molecule has 0 radical (unpaired) electrons. The fourth-order valence-electron chi connectivity index (χ4n) is 1.89. The van der Waals surface area contributed by atoms with E-state index < -0.39 is 0 Å². The van der Waals surface area contributed by atoms with E-state index in [2.05, 4.69) is 26.3 Å². The largest absolute Gasteiger partial charge is 0.383 e. The molecule has 0 bridgehead atoms. The lowest BCUT2D eigenvalue weighted by Crippen LogP contribution is -2.29. The summed E-state index contributed by atoms with van der Waals surface area (Å²) in [5.41, 5.74) is 11.5. The maximum Gasteiger partial charge on any atom is 0.128 e. The first-order chi connectivity index (χ1) is 9.02. The molecule has 4 nitrogen and oxygen atoms in total. The molecule has 0 saturated heterocycles. The van der Waals surface area contributed by atoms with Crippen molar-refractivity contribution in [2.24, 2.45) is 5.84 Å². The SMILES string of the molecule is Cc1cnc(N)c(C(NN)c2ccc(Cl)c(Br)c2)c1. The van der Waals surface area contributed by atoms with Gasteiger partial charge in [-0.1, -0.05) is 17.7 Å². The van der Waals surface area contributed by atoms with Gasteiger partial charge in [-0.05, 0) is 52.2 Å². The summed E-state index contributed by atoms with van der Waals surface area (Å²) in [6.07, 6.45) is 1.73. The second kappa shape index (κ2) is 5.88. The number of aryl methyl sites for hydroxylation is 1. The summed E-state index contributed by atoms with van der Waals surface area (Å²) in [4.78, 5) is 4.16. The maximum atomic E-state index is 6.00. The van der Waals surface area contributed by atoms with Crippen molar-refractivity contribution in [3.8, 4) is 0 Å². The van der Waals surface area contributed by atoms with Crippen molar-refractivity contribution in [1.82, 2.24) is 10.4 Å². The summed E-state index contributed by atoms with van der Waals surface area (Å²) in [7, 11) is 0. The third kappa shape index (κ3) is 3.06. The highest BCUT2D eigenvalue weighted by Gasteiger charge is 2.17. The highest BCUT2D eigenvalue weighted by atomic mass is 79.9. The van der Waals surface area contributed by atoms with Crippen LogP contribution in [0.5, 0.6) is 0 Å². The number of aromatic nitrogens is 1. The van der Waals surface area contributed by atoms with Crippen LogP contribution in [-0.4, -0.2) is 4.98 Å². The van der Waals surface area contributed by atoms with Gasteiger partial charge in [-0.25, -0.2) is 10.4 Å². The van der Waals surface area contributed by atoms with E-state index in [1.54, 1.807) is 6.20 Å². The van der Waals surface area contributed by atoms with Gasteiger partial charge in [0.25, 0.3) is 0 Å². The van der Waals surface area contributed by atoms with Gasteiger partial charge in [0.1, 0.15) is 5.82 Å². The molecule has 6 heteroatoms. The number of hydrazine groups is 1. The summed E-state index contributed by atoms with van der Waals surface area (Å²) in [5, 5.41) is 0.648.